The van der Waals surface area contributed by atoms with Crippen LogP contribution in [0.2, 0.25) is 20.1 Å². The van der Waals surface area contributed by atoms with Crippen LogP contribution in [0.3, 0.4) is 0 Å². The summed E-state index contributed by atoms with van der Waals surface area (Å²) in [5.41, 5.74) is 7.71. The van der Waals surface area contributed by atoms with E-state index in [1.54, 1.807) is 24.3 Å². The fourth-order valence-electron chi connectivity index (χ4n) is 7.70. The van der Waals surface area contributed by atoms with Gasteiger partial charge in [-0.1, -0.05) is 168 Å². The molecule has 0 radical (unpaired) electrons. The highest BCUT2D eigenvalue weighted by molar-refractivity contribution is 6.34. The smallest absolute Gasteiger partial charge is 0.142 e. The van der Waals surface area contributed by atoms with Gasteiger partial charge in [0.15, 0.2) is 0 Å². The molecule has 0 bridgehead atoms. The molecule has 8 aromatic carbocycles. The highest BCUT2D eigenvalue weighted by Crippen LogP contribution is 2.52. The summed E-state index contributed by atoms with van der Waals surface area (Å²) in [6, 6.07) is 52.3. The third-order valence-electron chi connectivity index (χ3n) is 10.5. The van der Waals surface area contributed by atoms with Crippen molar-refractivity contribution in [3.63, 3.8) is 0 Å². The van der Waals surface area contributed by atoms with Crippen molar-refractivity contribution < 1.29 is 20.4 Å². The van der Waals surface area contributed by atoms with Crippen molar-refractivity contribution in [1.82, 2.24) is 0 Å². The molecule has 4 nitrogen and oxygen atoms in total. The summed E-state index contributed by atoms with van der Waals surface area (Å²) in [4.78, 5) is 0. The first-order valence-corrected chi connectivity index (χ1v) is 19.9. The molecule has 0 spiro atoms. The number of phenols is 4. The highest BCUT2D eigenvalue weighted by atomic mass is 35.5. The van der Waals surface area contributed by atoms with E-state index in [0.29, 0.717) is 44.5 Å². The van der Waals surface area contributed by atoms with Crippen molar-refractivity contribution in [2.24, 2.45) is 0 Å². The van der Waals surface area contributed by atoms with E-state index in [9.17, 15) is 20.4 Å². The van der Waals surface area contributed by atoms with E-state index in [2.05, 4.69) is 0 Å². The Balaban J connectivity index is 1.50. The summed E-state index contributed by atoms with van der Waals surface area (Å²) in [7, 11) is 0. The fraction of sp³-hybridized carbons (Fsp3) is 0.0400. The summed E-state index contributed by atoms with van der Waals surface area (Å²) < 4.78 is 0. The Hall–Kier alpha value is -5.88. The van der Waals surface area contributed by atoms with Crippen LogP contribution in [-0.4, -0.2) is 20.4 Å². The van der Waals surface area contributed by atoms with E-state index in [4.69, 9.17) is 46.4 Å². The lowest BCUT2D eigenvalue weighted by Gasteiger charge is -2.32. The van der Waals surface area contributed by atoms with Gasteiger partial charge in [0.25, 0.3) is 0 Å². The first-order chi connectivity index (χ1) is 28.1. The van der Waals surface area contributed by atoms with Crippen LogP contribution >= 0.6 is 46.4 Å². The lowest BCUT2D eigenvalue weighted by molar-refractivity contribution is 0.475. The minimum atomic E-state index is -0.686. The highest BCUT2D eigenvalue weighted by Gasteiger charge is 2.33. The Morgan fingerprint density at radius 3 is 0.655 bits per heavy atom. The van der Waals surface area contributed by atoms with Crippen molar-refractivity contribution >= 4 is 46.4 Å². The lowest BCUT2D eigenvalue weighted by atomic mass is 9.72. The molecule has 286 valence electrons. The Labute approximate surface area is 356 Å². The molecule has 8 aromatic rings. The SMILES string of the molecule is Oc1c(Cl)cc(C(c2cc(Cl)c(O)c(-c3ccccc3)c2)C(c2cc(Cl)c(O)c(-c3ccccc3)c2)c2cc(Cl)c(O)c(-c3ccccc3)c2)cc1-c1ccccc1. The standard InChI is InChI=1S/C50H34Cl4O4/c51-41-25-33(21-37(47(41)55)29-13-5-1-6-14-29)45(34-22-38(48(56)42(52)26-34)30-15-7-2-8-16-30)46(35-23-39(49(57)43(53)27-35)31-17-9-3-10-18-31)36-24-40(50(58)44(54)28-36)32-19-11-4-12-20-32/h1-28,45-46,55-58H. The zero-order valence-electron chi connectivity index (χ0n) is 30.6. The minimum Gasteiger partial charge on any atom is -0.506 e. The average molecular weight is 841 g/mol. The molecule has 0 heterocycles. The van der Waals surface area contributed by atoms with Crippen molar-refractivity contribution in [2.75, 3.05) is 0 Å². The first-order valence-electron chi connectivity index (χ1n) is 18.4. The van der Waals surface area contributed by atoms with Crippen LogP contribution < -0.4 is 0 Å². The van der Waals surface area contributed by atoms with Gasteiger partial charge in [0, 0.05) is 34.1 Å². The molecule has 58 heavy (non-hydrogen) atoms. The van der Waals surface area contributed by atoms with E-state index in [1.165, 1.54) is 0 Å². The maximum atomic E-state index is 11.5. The average Bonchev–Trinajstić information content (AvgIpc) is 3.25. The van der Waals surface area contributed by atoms with Gasteiger partial charge in [-0.15, -0.1) is 0 Å². The first kappa shape index (κ1) is 39.0. The summed E-state index contributed by atoms with van der Waals surface area (Å²) in [5, 5.41) is 46.3. The predicted octanol–water partition coefficient (Wildman–Crippen LogP) is 14.8. The van der Waals surface area contributed by atoms with Crippen LogP contribution in [0.5, 0.6) is 23.0 Å². The van der Waals surface area contributed by atoms with E-state index >= 15 is 0 Å². The minimum absolute atomic E-state index is 0.0845. The number of phenolic OH excluding ortho intramolecular Hbond substituents is 4. The zero-order chi connectivity index (χ0) is 40.5. The third kappa shape index (κ3) is 7.60. The monoisotopic (exact) mass is 838 g/mol. The normalized spacial score (nSPS) is 11.3. The number of benzene rings is 8. The van der Waals surface area contributed by atoms with Gasteiger partial charge >= 0.3 is 0 Å². The number of aromatic hydroxyl groups is 4. The van der Waals surface area contributed by atoms with Crippen molar-refractivity contribution in [1.29, 1.82) is 0 Å². The molecule has 4 N–H and O–H groups in total. The second-order valence-corrected chi connectivity index (χ2v) is 15.6. The maximum absolute atomic E-state index is 11.5. The molecular formula is C50H34Cl4O4. The van der Waals surface area contributed by atoms with Gasteiger partial charge in [-0.3, -0.25) is 0 Å². The van der Waals surface area contributed by atoms with Gasteiger partial charge in [-0.25, -0.2) is 0 Å². The second-order valence-electron chi connectivity index (χ2n) is 14.0. The van der Waals surface area contributed by atoms with Gasteiger partial charge in [0.2, 0.25) is 0 Å². The summed E-state index contributed by atoms with van der Waals surface area (Å²) in [5.74, 6) is -1.71. The maximum Gasteiger partial charge on any atom is 0.142 e. The van der Waals surface area contributed by atoms with Gasteiger partial charge < -0.3 is 20.4 Å². The largest absolute Gasteiger partial charge is 0.506 e. The Morgan fingerprint density at radius 2 is 0.466 bits per heavy atom. The van der Waals surface area contributed by atoms with E-state index in [0.717, 1.165) is 22.3 Å². The Bertz CT molecular complexity index is 2380. The van der Waals surface area contributed by atoms with Gasteiger partial charge in [-0.05, 0) is 93.0 Å². The second kappa shape index (κ2) is 16.5. The van der Waals surface area contributed by atoms with E-state index in [-0.39, 0.29) is 43.1 Å². The number of hydrogen-bond donors (Lipinski definition) is 4. The zero-order valence-corrected chi connectivity index (χ0v) is 33.6. The molecule has 0 amide bonds. The molecule has 0 saturated heterocycles. The van der Waals surface area contributed by atoms with Crippen molar-refractivity contribution in [3.8, 4) is 67.5 Å². The van der Waals surface area contributed by atoms with Crippen LogP contribution in [0.1, 0.15) is 34.1 Å². The lowest BCUT2D eigenvalue weighted by Crippen LogP contribution is -2.16. The molecule has 0 fully saturated rings. The van der Waals surface area contributed by atoms with Gasteiger partial charge in [0.05, 0.1) is 20.1 Å². The van der Waals surface area contributed by atoms with Gasteiger partial charge in [-0.2, -0.15) is 0 Å². The molecular weight excluding hydrogens is 806 g/mol. The van der Waals surface area contributed by atoms with Gasteiger partial charge in [0.1, 0.15) is 23.0 Å². The van der Waals surface area contributed by atoms with E-state index in [1.807, 2.05) is 146 Å². The third-order valence-corrected chi connectivity index (χ3v) is 11.6. The van der Waals surface area contributed by atoms with Crippen molar-refractivity contribution in [2.45, 2.75) is 11.8 Å². The fourth-order valence-corrected chi connectivity index (χ4v) is 8.62. The molecule has 0 atom stereocenters. The summed E-state index contributed by atoms with van der Waals surface area (Å²) >= 11 is 27.8. The molecule has 8 heteroatoms. The molecule has 8 rings (SSSR count). The quantitative estimate of drug-likeness (QED) is 0.117. The van der Waals surface area contributed by atoms with Crippen LogP contribution in [-0.2, 0) is 0 Å². The summed E-state index contributed by atoms with van der Waals surface area (Å²) in [6.07, 6.45) is 0. The molecule has 0 aliphatic rings. The van der Waals surface area contributed by atoms with Crippen LogP contribution in [0.4, 0.5) is 0 Å². The topological polar surface area (TPSA) is 80.9 Å². The molecule has 0 aliphatic carbocycles. The van der Waals surface area contributed by atoms with Crippen LogP contribution in [0.15, 0.2) is 170 Å². The molecule has 0 saturated carbocycles. The molecule has 0 aliphatic heterocycles. The Morgan fingerprint density at radius 1 is 0.276 bits per heavy atom. The number of halogens is 4. The van der Waals surface area contributed by atoms with Crippen LogP contribution in [0.25, 0.3) is 44.5 Å². The predicted molar refractivity (Wildman–Crippen MR) is 238 cm³/mol. The van der Waals surface area contributed by atoms with Crippen molar-refractivity contribution in [3.05, 3.63) is 212 Å². The van der Waals surface area contributed by atoms with Crippen LogP contribution in [0, 0.1) is 0 Å². The number of rotatable bonds is 9. The number of hydrogen-bond acceptors (Lipinski definition) is 4. The molecule has 0 aromatic heterocycles. The molecule has 0 unspecified atom stereocenters. The van der Waals surface area contributed by atoms with E-state index < -0.39 is 11.8 Å². The summed E-state index contributed by atoms with van der Waals surface area (Å²) in [6.45, 7) is 0. The Kier molecular flexibility index (Phi) is 11.1.